The van der Waals surface area contributed by atoms with Gasteiger partial charge in [0.1, 0.15) is 5.75 Å². The van der Waals surface area contributed by atoms with Gasteiger partial charge in [-0.05, 0) is 38.0 Å². The fourth-order valence-corrected chi connectivity index (χ4v) is 2.96. The summed E-state index contributed by atoms with van der Waals surface area (Å²) in [6.45, 7) is 2.54. The molecule has 1 amide bonds. The van der Waals surface area contributed by atoms with E-state index < -0.39 is 15.9 Å². The van der Waals surface area contributed by atoms with Crippen LogP contribution < -0.4 is 15.2 Å². The molecule has 1 heterocycles. The Hall–Kier alpha value is -1.64. The van der Waals surface area contributed by atoms with Gasteiger partial charge >= 0.3 is 0 Å². The lowest BCUT2D eigenvalue weighted by Crippen LogP contribution is -2.41. The first kappa shape index (κ1) is 16.7. The van der Waals surface area contributed by atoms with Gasteiger partial charge in [0.15, 0.2) is 0 Å². The van der Waals surface area contributed by atoms with Crippen molar-refractivity contribution >= 4 is 15.9 Å². The molecule has 1 aromatic rings. The quantitative estimate of drug-likeness (QED) is 0.824. The van der Waals surface area contributed by atoms with Crippen LogP contribution in [-0.2, 0) is 14.8 Å². The Bertz CT molecular complexity index is 653. The van der Waals surface area contributed by atoms with E-state index in [1.54, 1.807) is 0 Å². The third kappa shape index (κ3) is 3.76. The van der Waals surface area contributed by atoms with E-state index in [-0.39, 0.29) is 28.4 Å². The van der Waals surface area contributed by atoms with Gasteiger partial charge in [0, 0.05) is 6.61 Å². The van der Waals surface area contributed by atoms with E-state index in [4.69, 9.17) is 14.6 Å². The average molecular weight is 328 g/mol. The second-order valence-corrected chi connectivity index (χ2v) is 6.78. The van der Waals surface area contributed by atoms with Crippen LogP contribution >= 0.6 is 0 Å². The molecule has 122 valence electrons. The molecule has 0 aliphatic carbocycles. The lowest BCUT2D eigenvalue weighted by molar-refractivity contribution is 0.0710. The summed E-state index contributed by atoms with van der Waals surface area (Å²) in [7, 11) is -2.48. The topological polar surface area (TPSA) is 108 Å². The average Bonchev–Trinajstić information content (AvgIpc) is 2.99. The molecule has 3 N–H and O–H groups in total. The predicted octanol–water partition coefficient (Wildman–Crippen LogP) is 0.640. The Labute approximate surface area is 129 Å². The largest absolute Gasteiger partial charge is 0.496 e. The molecule has 0 radical (unpaired) electrons. The van der Waals surface area contributed by atoms with E-state index in [9.17, 15) is 13.2 Å². The molecule has 1 fully saturated rings. The Balaban J connectivity index is 2.23. The van der Waals surface area contributed by atoms with Crippen molar-refractivity contribution in [3.05, 3.63) is 23.8 Å². The highest BCUT2D eigenvalue weighted by atomic mass is 32.2. The van der Waals surface area contributed by atoms with Crippen molar-refractivity contribution < 1.29 is 22.7 Å². The van der Waals surface area contributed by atoms with Gasteiger partial charge in [-0.3, -0.25) is 4.79 Å². The summed E-state index contributed by atoms with van der Waals surface area (Å²) in [6, 6.07) is 3.74. The van der Waals surface area contributed by atoms with Crippen LogP contribution in [-0.4, -0.2) is 40.2 Å². The second-order valence-electron chi connectivity index (χ2n) is 5.22. The molecule has 22 heavy (non-hydrogen) atoms. The van der Waals surface area contributed by atoms with Crippen molar-refractivity contribution in [2.75, 3.05) is 13.7 Å². The van der Waals surface area contributed by atoms with E-state index in [2.05, 4.69) is 5.32 Å². The molecule has 1 aliphatic heterocycles. The zero-order valence-electron chi connectivity index (χ0n) is 12.5. The molecule has 0 unspecified atom stereocenters. The van der Waals surface area contributed by atoms with E-state index in [0.717, 1.165) is 12.8 Å². The van der Waals surface area contributed by atoms with Crippen molar-refractivity contribution in [2.45, 2.75) is 36.8 Å². The van der Waals surface area contributed by atoms with E-state index in [0.29, 0.717) is 6.61 Å². The standard InChI is InChI=1S/C14H20N2O5S/c1-9(12-4-3-7-21-12)16-14(17)11-8-10(22(15,18)19)5-6-13(11)20-2/h5-6,8-9,12H,3-4,7H2,1-2H3,(H,16,17)(H2,15,18,19)/t9-,12+/m1/s1. The fourth-order valence-electron chi connectivity index (χ4n) is 2.42. The first-order valence-corrected chi connectivity index (χ1v) is 8.51. The molecular formula is C14H20N2O5S. The maximum absolute atomic E-state index is 12.4. The molecule has 7 nitrogen and oxygen atoms in total. The van der Waals surface area contributed by atoms with Crippen molar-refractivity contribution in [3.8, 4) is 5.75 Å². The molecule has 1 saturated heterocycles. The molecule has 8 heteroatoms. The SMILES string of the molecule is COc1ccc(S(N)(=O)=O)cc1C(=O)N[C@H](C)[C@@H]1CCCO1. The van der Waals surface area contributed by atoms with E-state index in [1.807, 2.05) is 6.92 Å². The van der Waals surface area contributed by atoms with Crippen molar-refractivity contribution in [1.29, 1.82) is 0 Å². The minimum Gasteiger partial charge on any atom is -0.496 e. The Morgan fingerprint density at radius 3 is 2.77 bits per heavy atom. The fraction of sp³-hybridized carbons (Fsp3) is 0.500. The normalized spacial score (nSPS) is 19.7. The monoisotopic (exact) mass is 328 g/mol. The van der Waals surface area contributed by atoms with Crippen LogP contribution in [0.5, 0.6) is 5.75 Å². The maximum atomic E-state index is 12.4. The van der Waals surface area contributed by atoms with Gasteiger partial charge in [-0.25, -0.2) is 13.6 Å². The van der Waals surface area contributed by atoms with Gasteiger partial charge in [0.05, 0.1) is 29.7 Å². The highest BCUT2D eigenvalue weighted by Crippen LogP contribution is 2.23. The number of carbonyl (C=O) groups excluding carboxylic acids is 1. The summed E-state index contributed by atoms with van der Waals surface area (Å²) < 4.78 is 33.5. The second kappa shape index (κ2) is 6.64. The molecule has 2 rings (SSSR count). The summed E-state index contributed by atoms with van der Waals surface area (Å²) >= 11 is 0. The van der Waals surface area contributed by atoms with Crippen molar-refractivity contribution in [1.82, 2.24) is 5.32 Å². The Morgan fingerprint density at radius 2 is 2.23 bits per heavy atom. The zero-order valence-corrected chi connectivity index (χ0v) is 13.4. The number of hydrogen-bond acceptors (Lipinski definition) is 5. The van der Waals surface area contributed by atoms with Gasteiger partial charge < -0.3 is 14.8 Å². The minimum atomic E-state index is -3.89. The Morgan fingerprint density at radius 1 is 1.50 bits per heavy atom. The number of methoxy groups -OCH3 is 1. The first-order chi connectivity index (χ1) is 10.3. The van der Waals surface area contributed by atoms with Crippen LogP contribution in [0, 0.1) is 0 Å². The minimum absolute atomic E-state index is 0.0311. The summed E-state index contributed by atoms with van der Waals surface area (Å²) in [6.07, 6.45) is 1.82. The number of amides is 1. The maximum Gasteiger partial charge on any atom is 0.255 e. The van der Waals surface area contributed by atoms with Crippen LogP contribution in [0.3, 0.4) is 0 Å². The summed E-state index contributed by atoms with van der Waals surface area (Å²) in [5.74, 6) is -0.144. The van der Waals surface area contributed by atoms with Crippen LogP contribution in [0.2, 0.25) is 0 Å². The van der Waals surface area contributed by atoms with Gasteiger partial charge in [-0.1, -0.05) is 0 Å². The Kier molecular flexibility index (Phi) is 5.05. The van der Waals surface area contributed by atoms with Crippen LogP contribution in [0.25, 0.3) is 0 Å². The molecule has 0 aromatic heterocycles. The third-order valence-electron chi connectivity index (χ3n) is 3.63. The zero-order chi connectivity index (χ0) is 16.3. The van der Waals surface area contributed by atoms with Crippen molar-refractivity contribution in [3.63, 3.8) is 0 Å². The number of hydrogen-bond donors (Lipinski definition) is 2. The lowest BCUT2D eigenvalue weighted by atomic mass is 10.1. The summed E-state index contributed by atoms with van der Waals surface area (Å²) in [5.41, 5.74) is 0.124. The number of sulfonamides is 1. The van der Waals surface area contributed by atoms with E-state index in [1.165, 1.54) is 25.3 Å². The molecular weight excluding hydrogens is 308 g/mol. The summed E-state index contributed by atoms with van der Waals surface area (Å²) in [5, 5.41) is 7.91. The van der Waals surface area contributed by atoms with Crippen LogP contribution in [0.15, 0.2) is 23.1 Å². The molecule has 2 atom stereocenters. The number of nitrogens with two attached hydrogens (primary N) is 1. The van der Waals surface area contributed by atoms with Crippen molar-refractivity contribution in [2.24, 2.45) is 5.14 Å². The van der Waals surface area contributed by atoms with E-state index >= 15 is 0 Å². The van der Waals surface area contributed by atoms with Gasteiger partial charge in [0.25, 0.3) is 5.91 Å². The summed E-state index contributed by atoms with van der Waals surface area (Å²) in [4.78, 5) is 12.3. The molecule has 0 spiro atoms. The molecule has 1 aliphatic rings. The van der Waals surface area contributed by atoms with Gasteiger partial charge in [0.2, 0.25) is 10.0 Å². The highest BCUT2D eigenvalue weighted by Gasteiger charge is 2.25. The number of ether oxygens (including phenoxy) is 2. The predicted molar refractivity (Wildman–Crippen MR) is 80.3 cm³/mol. The number of benzene rings is 1. The molecule has 0 saturated carbocycles. The third-order valence-corrected chi connectivity index (χ3v) is 4.54. The molecule has 0 bridgehead atoms. The van der Waals surface area contributed by atoms with Crippen LogP contribution in [0.1, 0.15) is 30.1 Å². The lowest BCUT2D eigenvalue weighted by Gasteiger charge is -2.20. The number of rotatable bonds is 5. The van der Waals surface area contributed by atoms with Gasteiger partial charge in [-0.15, -0.1) is 0 Å². The van der Waals surface area contributed by atoms with Gasteiger partial charge in [-0.2, -0.15) is 0 Å². The number of nitrogens with one attached hydrogen (secondary N) is 1. The smallest absolute Gasteiger partial charge is 0.255 e. The first-order valence-electron chi connectivity index (χ1n) is 6.96. The number of carbonyl (C=O) groups is 1. The number of primary sulfonamides is 1. The molecule has 1 aromatic carbocycles. The highest BCUT2D eigenvalue weighted by molar-refractivity contribution is 7.89. The van der Waals surface area contributed by atoms with Crippen LogP contribution in [0.4, 0.5) is 0 Å².